The molecule has 0 amide bonds. The van der Waals surface area contributed by atoms with E-state index in [-0.39, 0.29) is 5.41 Å². The molecule has 1 aromatic heterocycles. The number of thiazole rings is 1. The van der Waals surface area contributed by atoms with Gasteiger partial charge in [-0.2, -0.15) is 0 Å². The zero-order valence-electron chi connectivity index (χ0n) is 8.63. The molecule has 1 aromatic rings. The monoisotopic (exact) mass is 198 g/mol. The first-order chi connectivity index (χ1) is 6.10. The van der Waals surface area contributed by atoms with Crippen LogP contribution in [0.1, 0.15) is 37.9 Å². The second-order valence-electron chi connectivity index (χ2n) is 3.92. The minimum Gasteiger partial charge on any atom is -0.330 e. The summed E-state index contributed by atoms with van der Waals surface area (Å²) in [4.78, 5) is 4.58. The highest BCUT2D eigenvalue weighted by atomic mass is 32.1. The Labute approximate surface area is 84.2 Å². The molecular formula is C10H18N2S. The molecule has 2 nitrogen and oxygen atoms in total. The van der Waals surface area contributed by atoms with Gasteiger partial charge in [-0.3, -0.25) is 0 Å². The van der Waals surface area contributed by atoms with Crippen LogP contribution in [0.5, 0.6) is 0 Å². The third-order valence-electron chi connectivity index (χ3n) is 2.42. The van der Waals surface area contributed by atoms with Crippen LogP contribution in [-0.4, -0.2) is 11.5 Å². The first-order valence-corrected chi connectivity index (χ1v) is 5.63. The van der Waals surface area contributed by atoms with Gasteiger partial charge in [-0.15, -0.1) is 11.3 Å². The summed E-state index contributed by atoms with van der Waals surface area (Å²) in [5.74, 6) is 0. The molecule has 3 heteroatoms. The van der Waals surface area contributed by atoms with Gasteiger partial charge >= 0.3 is 0 Å². The summed E-state index contributed by atoms with van der Waals surface area (Å²) in [5.41, 5.74) is 6.84. The molecule has 1 heterocycles. The maximum atomic E-state index is 5.48. The number of nitrogens with two attached hydrogens (primary N) is 1. The Kier molecular flexibility index (Phi) is 3.45. The third-order valence-corrected chi connectivity index (χ3v) is 3.67. The van der Waals surface area contributed by atoms with Crippen molar-refractivity contribution in [1.82, 2.24) is 4.98 Å². The third kappa shape index (κ3) is 2.51. The Bertz CT molecular complexity index is 266. The second-order valence-corrected chi connectivity index (χ2v) is 4.78. The lowest BCUT2D eigenvalue weighted by molar-refractivity contribution is 0.501. The Morgan fingerprint density at radius 3 is 2.77 bits per heavy atom. The molecule has 0 aliphatic rings. The Morgan fingerprint density at radius 1 is 1.54 bits per heavy atom. The summed E-state index contributed by atoms with van der Waals surface area (Å²) >= 11 is 1.75. The molecule has 0 atom stereocenters. The molecule has 2 N–H and O–H groups in total. The molecule has 0 unspecified atom stereocenters. The standard InChI is InChI=1S/C10H18N2S/c1-4-10(2,3)9-12-8(5-6-11)7-13-9/h7H,4-6,11H2,1-3H3. The molecule has 0 bridgehead atoms. The Balaban J connectivity index is 2.79. The van der Waals surface area contributed by atoms with Crippen molar-refractivity contribution in [1.29, 1.82) is 0 Å². The summed E-state index contributed by atoms with van der Waals surface area (Å²) < 4.78 is 0. The average molecular weight is 198 g/mol. The first-order valence-electron chi connectivity index (χ1n) is 4.75. The van der Waals surface area contributed by atoms with E-state index in [1.165, 1.54) is 5.01 Å². The van der Waals surface area contributed by atoms with E-state index in [0.29, 0.717) is 6.54 Å². The van der Waals surface area contributed by atoms with Crippen LogP contribution in [0.25, 0.3) is 0 Å². The Hall–Kier alpha value is -0.410. The molecule has 0 fully saturated rings. The zero-order valence-corrected chi connectivity index (χ0v) is 9.45. The van der Waals surface area contributed by atoms with Crippen molar-refractivity contribution >= 4 is 11.3 Å². The molecule has 0 aromatic carbocycles. The second kappa shape index (κ2) is 4.20. The van der Waals surface area contributed by atoms with Crippen LogP contribution in [0.4, 0.5) is 0 Å². The van der Waals surface area contributed by atoms with E-state index in [4.69, 9.17) is 5.73 Å². The number of aromatic nitrogens is 1. The van der Waals surface area contributed by atoms with Crippen molar-refractivity contribution in [2.24, 2.45) is 5.73 Å². The van der Waals surface area contributed by atoms with Crippen LogP contribution in [0.2, 0.25) is 0 Å². The van der Waals surface area contributed by atoms with Crippen molar-refractivity contribution < 1.29 is 0 Å². The molecule has 0 aliphatic heterocycles. The molecule has 1 rings (SSSR count). The number of rotatable bonds is 4. The van der Waals surface area contributed by atoms with E-state index in [1.807, 2.05) is 0 Å². The van der Waals surface area contributed by atoms with Crippen LogP contribution in [0, 0.1) is 0 Å². The van der Waals surface area contributed by atoms with Gasteiger partial charge in [-0.25, -0.2) is 4.98 Å². The molecule has 0 radical (unpaired) electrons. The highest BCUT2D eigenvalue weighted by Crippen LogP contribution is 2.29. The van der Waals surface area contributed by atoms with Gasteiger partial charge in [0.2, 0.25) is 0 Å². The van der Waals surface area contributed by atoms with Crippen LogP contribution >= 0.6 is 11.3 Å². The lowest BCUT2D eigenvalue weighted by Crippen LogP contribution is -2.15. The van der Waals surface area contributed by atoms with E-state index >= 15 is 0 Å². The summed E-state index contributed by atoms with van der Waals surface area (Å²) in [6, 6.07) is 0. The van der Waals surface area contributed by atoms with E-state index in [9.17, 15) is 0 Å². The minimum atomic E-state index is 0.220. The number of hydrogen-bond acceptors (Lipinski definition) is 3. The van der Waals surface area contributed by atoms with Crippen molar-refractivity contribution in [3.63, 3.8) is 0 Å². The van der Waals surface area contributed by atoms with Crippen LogP contribution in [0.3, 0.4) is 0 Å². The Morgan fingerprint density at radius 2 is 2.23 bits per heavy atom. The van der Waals surface area contributed by atoms with E-state index < -0.39 is 0 Å². The molecular weight excluding hydrogens is 180 g/mol. The fourth-order valence-electron chi connectivity index (χ4n) is 1.03. The fourth-order valence-corrected chi connectivity index (χ4v) is 2.08. The highest BCUT2D eigenvalue weighted by Gasteiger charge is 2.21. The summed E-state index contributed by atoms with van der Waals surface area (Å²) in [7, 11) is 0. The quantitative estimate of drug-likeness (QED) is 0.806. The molecule has 0 saturated heterocycles. The number of nitrogens with zero attached hydrogens (tertiary/aromatic N) is 1. The van der Waals surface area contributed by atoms with Gasteiger partial charge < -0.3 is 5.73 Å². The van der Waals surface area contributed by atoms with E-state index in [2.05, 4.69) is 31.1 Å². The SMILES string of the molecule is CCC(C)(C)c1nc(CCN)cs1. The van der Waals surface area contributed by atoms with E-state index in [0.717, 1.165) is 18.5 Å². The normalized spacial score (nSPS) is 12.0. The molecule has 0 spiro atoms. The lowest BCUT2D eigenvalue weighted by Gasteiger charge is -2.18. The van der Waals surface area contributed by atoms with Gasteiger partial charge in [0.15, 0.2) is 0 Å². The van der Waals surface area contributed by atoms with Crippen LogP contribution in [-0.2, 0) is 11.8 Å². The zero-order chi connectivity index (χ0) is 9.90. The molecule has 0 saturated carbocycles. The summed E-state index contributed by atoms with van der Waals surface area (Å²) in [6.07, 6.45) is 2.03. The maximum Gasteiger partial charge on any atom is 0.0984 e. The smallest absolute Gasteiger partial charge is 0.0984 e. The minimum absolute atomic E-state index is 0.220. The van der Waals surface area contributed by atoms with Crippen molar-refractivity contribution in [3.05, 3.63) is 16.1 Å². The van der Waals surface area contributed by atoms with Crippen LogP contribution in [0.15, 0.2) is 5.38 Å². The first kappa shape index (κ1) is 10.7. The topological polar surface area (TPSA) is 38.9 Å². The summed E-state index contributed by atoms with van der Waals surface area (Å²) in [6.45, 7) is 7.36. The largest absolute Gasteiger partial charge is 0.330 e. The van der Waals surface area contributed by atoms with Gasteiger partial charge in [-0.1, -0.05) is 20.8 Å². The summed E-state index contributed by atoms with van der Waals surface area (Å²) in [5, 5.41) is 3.36. The van der Waals surface area contributed by atoms with Crippen molar-refractivity contribution in [2.45, 2.75) is 39.0 Å². The molecule has 74 valence electrons. The van der Waals surface area contributed by atoms with Crippen LogP contribution < -0.4 is 5.73 Å². The average Bonchev–Trinajstić information content (AvgIpc) is 2.54. The van der Waals surface area contributed by atoms with Gasteiger partial charge in [0, 0.05) is 17.2 Å². The molecule has 13 heavy (non-hydrogen) atoms. The lowest BCUT2D eigenvalue weighted by atomic mass is 9.91. The molecule has 0 aliphatic carbocycles. The fraction of sp³-hybridized carbons (Fsp3) is 0.700. The van der Waals surface area contributed by atoms with E-state index in [1.54, 1.807) is 11.3 Å². The predicted octanol–water partition coefficient (Wildman–Crippen LogP) is 2.33. The van der Waals surface area contributed by atoms with Crippen molar-refractivity contribution in [3.8, 4) is 0 Å². The van der Waals surface area contributed by atoms with Gasteiger partial charge in [0.05, 0.1) is 10.7 Å². The number of hydrogen-bond donors (Lipinski definition) is 1. The van der Waals surface area contributed by atoms with Gasteiger partial charge in [0.1, 0.15) is 0 Å². The maximum absolute atomic E-state index is 5.48. The van der Waals surface area contributed by atoms with Gasteiger partial charge in [0.25, 0.3) is 0 Å². The predicted molar refractivity (Wildman–Crippen MR) is 58.2 cm³/mol. The highest BCUT2D eigenvalue weighted by molar-refractivity contribution is 7.09. The van der Waals surface area contributed by atoms with Gasteiger partial charge in [-0.05, 0) is 13.0 Å². The van der Waals surface area contributed by atoms with Crippen molar-refractivity contribution in [2.75, 3.05) is 6.54 Å².